The lowest BCUT2D eigenvalue weighted by atomic mass is 9.71. The van der Waals surface area contributed by atoms with E-state index in [2.05, 4.69) is 62.6 Å². The van der Waals surface area contributed by atoms with E-state index in [1.807, 2.05) is 12.2 Å². The van der Waals surface area contributed by atoms with Crippen molar-refractivity contribution in [3.05, 3.63) is 72.9 Å². The van der Waals surface area contributed by atoms with Crippen LogP contribution in [0.3, 0.4) is 0 Å². The number of hydrogen-bond acceptors (Lipinski definition) is 0. The third-order valence-electron chi connectivity index (χ3n) is 3.35. The Kier molecular flexibility index (Phi) is 3.14. The summed E-state index contributed by atoms with van der Waals surface area (Å²) in [5, 5.41) is 0. The van der Waals surface area contributed by atoms with Crippen molar-refractivity contribution in [1.82, 2.24) is 0 Å². The Labute approximate surface area is 104 Å². The molecule has 0 spiro atoms. The third-order valence-corrected chi connectivity index (χ3v) is 3.35. The van der Waals surface area contributed by atoms with Gasteiger partial charge in [0, 0.05) is 5.41 Å². The highest BCUT2D eigenvalue weighted by Crippen LogP contribution is 2.44. The molecular formula is C17H18. The summed E-state index contributed by atoms with van der Waals surface area (Å²) in [4.78, 5) is 0. The maximum Gasteiger partial charge on any atom is 0.0147 e. The molecule has 0 saturated carbocycles. The van der Waals surface area contributed by atoms with Gasteiger partial charge >= 0.3 is 0 Å². The van der Waals surface area contributed by atoms with Gasteiger partial charge in [-0.15, -0.1) is 6.58 Å². The maximum absolute atomic E-state index is 3.86. The first-order chi connectivity index (χ1) is 8.21. The van der Waals surface area contributed by atoms with Crippen LogP contribution >= 0.6 is 0 Å². The predicted molar refractivity (Wildman–Crippen MR) is 76.6 cm³/mol. The number of rotatable bonds is 3. The average molecular weight is 222 g/mol. The fourth-order valence-corrected chi connectivity index (χ4v) is 2.43. The standard InChI is InChI=1S/C17H18/c1-4-8-16-15-10-7-6-9-14(15)11-13-17(16,3)12-5-2/h4-11,13H,1-2,12H2,3H3/b16-8-. The Morgan fingerprint density at radius 2 is 2.00 bits per heavy atom. The smallest absolute Gasteiger partial charge is 0.0147 e. The van der Waals surface area contributed by atoms with Crippen LogP contribution < -0.4 is 0 Å². The second-order valence-corrected chi connectivity index (χ2v) is 4.65. The summed E-state index contributed by atoms with van der Waals surface area (Å²) in [6.45, 7) is 9.94. The van der Waals surface area contributed by atoms with Crippen LogP contribution in [0.5, 0.6) is 0 Å². The second kappa shape index (κ2) is 4.58. The van der Waals surface area contributed by atoms with Crippen molar-refractivity contribution < 1.29 is 0 Å². The Balaban J connectivity index is 2.60. The Morgan fingerprint density at radius 3 is 2.71 bits per heavy atom. The van der Waals surface area contributed by atoms with Gasteiger partial charge in [-0.1, -0.05) is 68.1 Å². The summed E-state index contributed by atoms with van der Waals surface area (Å²) in [6.07, 6.45) is 11.4. The fourth-order valence-electron chi connectivity index (χ4n) is 2.43. The van der Waals surface area contributed by atoms with Crippen LogP contribution in [0.15, 0.2) is 61.7 Å². The highest BCUT2D eigenvalue weighted by atomic mass is 14.3. The van der Waals surface area contributed by atoms with Gasteiger partial charge in [-0.2, -0.15) is 0 Å². The van der Waals surface area contributed by atoms with Crippen LogP contribution in [0, 0.1) is 5.41 Å². The molecule has 1 aliphatic carbocycles. The van der Waals surface area contributed by atoms with Crippen LogP contribution in [0.1, 0.15) is 24.5 Å². The Bertz CT molecular complexity index is 503. The van der Waals surface area contributed by atoms with E-state index in [-0.39, 0.29) is 5.41 Å². The van der Waals surface area contributed by atoms with Crippen molar-refractivity contribution in [3.8, 4) is 0 Å². The van der Waals surface area contributed by atoms with Crippen molar-refractivity contribution in [2.75, 3.05) is 0 Å². The van der Waals surface area contributed by atoms with Gasteiger partial charge in [0.25, 0.3) is 0 Å². The summed E-state index contributed by atoms with van der Waals surface area (Å²) >= 11 is 0. The van der Waals surface area contributed by atoms with E-state index in [4.69, 9.17) is 0 Å². The van der Waals surface area contributed by atoms with E-state index in [9.17, 15) is 0 Å². The van der Waals surface area contributed by atoms with Crippen molar-refractivity contribution in [3.63, 3.8) is 0 Å². The quantitative estimate of drug-likeness (QED) is 0.640. The van der Waals surface area contributed by atoms with Crippen molar-refractivity contribution >= 4 is 11.6 Å². The molecule has 0 nitrogen and oxygen atoms in total. The summed E-state index contributed by atoms with van der Waals surface area (Å²) in [5.41, 5.74) is 3.94. The lowest BCUT2D eigenvalue weighted by Crippen LogP contribution is -2.18. The van der Waals surface area contributed by atoms with Gasteiger partial charge in [0.2, 0.25) is 0 Å². The molecule has 17 heavy (non-hydrogen) atoms. The minimum absolute atomic E-state index is 0.0320. The average Bonchev–Trinajstić information content (AvgIpc) is 2.34. The van der Waals surface area contributed by atoms with E-state index in [1.165, 1.54) is 16.7 Å². The van der Waals surface area contributed by atoms with Crippen LogP contribution in [-0.4, -0.2) is 0 Å². The highest BCUT2D eigenvalue weighted by Gasteiger charge is 2.29. The zero-order valence-electron chi connectivity index (χ0n) is 10.3. The lowest BCUT2D eigenvalue weighted by molar-refractivity contribution is 0.584. The maximum atomic E-state index is 3.86. The van der Waals surface area contributed by atoms with E-state index in [0.717, 1.165) is 6.42 Å². The first-order valence-corrected chi connectivity index (χ1v) is 5.94. The van der Waals surface area contributed by atoms with E-state index in [0.29, 0.717) is 0 Å². The summed E-state index contributed by atoms with van der Waals surface area (Å²) < 4.78 is 0. The van der Waals surface area contributed by atoms with Crippen molar-refractivity contribution in [2.45, 2.75) is 13.3 Å². The number of hydrogen-bond donors (Lipinski definition) is 0. The highest BCUT2D eigenvalue weighted by molar-refractivity contribution is 5.83. The van der Waals surface area contributed by atoms with Gasteiger partial charge in [-0.05, 0) is 23.1 Å². The molecule has 86 valence electrons. The Morgan fingerprint density at radius 1 is 1.24 bits per heavy atom. The fraction of sp³-hybridized carbons (Fsp3) is 0.176. The summed E-state index contributed by atoms with van der Waals surface area (Å²) in [5.74, 6) is 0. The zero-order chi connectivity index (χ0) is 12.3. The molecule has 0 aromatic heterocycles. The molecule has 0 aliphatic heterocycles. The lowest BCUT2D eigenvalue weighted by Gasteiger charge is -2.32. The zero-order valence-corrected chi connectivity index (χ0v) is 10.3. The monoisotopic (exact) mass is 222 g/mol. The van der Waals surface area contributed by atoms with Crippen molar-refractivity contribution in [1.29, 1.82) is 0 Å². The number of fused-ring (bicyclic) bond motifs is 1. The predicted octanol–water partition coefficient (Wildman–Crippen LogP) is 4.87. The minimum Gasteiger partial charge on any atom is -0.103 e. The van der Waals surface area contributed by atoms with Gasteiger partial charge in [-0.25, -0.2) is 0 Å². The topological polar surface area (TPSA) is 0 Å². The molecule has 1 aliphatic rings. The van der Waals surface area contributed by atoms with Gasteiger partial charge in [-0.3, -0.25) is 0 Å². The minimum atomic E-state index is 0.0320. The van der Waals surface area contributed by atoms with Crippen LogP contribution in [0.2, 0.25) is 0 Å². The molecule has 0 amide bonds. The first kappa shape index (κ1) is 11.7. The molecule has 0 heterocycles. The molecule has 1 aromatic carbocycles. The van der Waals surface area contributed by atoms with Gasteiger partial charge in [0.05, 0.1) is 0 Å². The summed E-state index contributed by atoms with van der Waals surface area (Å²) in [7, 11) is 0. The van der Waals surface area contributed by atoms with Gasteiger partial charge in [0.1, 0.15) is 0 Å². The van der Waals surface area contributed by atoms with Crippen LogP contribution in [0.25, 0.3) is 11.6 Å². The third kappa shape index (κ3) is 2.03. The SMILES string of the molecule is C=C/C=C1/c2ccccc2C=CC1(C)CC=C. The molecule has 0 bridgehead atoms. The van der Waals surface area contributed by atoms with E-state index in [1.54, 1.807) is 0 Å². The molecule has 0 N–H and O–H groups in total. The first-order valence-electron chi connectivity index (χ1n) is 5.94. The molecule has 0 fully saturated rings. The number of benzene rings is 1. The van der Waals surface area contributed by atoms with Crippen LogP contribution in [-0.2, 0) is 0 Å². The summed E-state index contributed by atoms with van der Waals surface area (Å²) in [6, 6.07) is 8.49. The molecule has 0 radical (unpaired) electrons. The molecule has 1 unspecified atom stereocenters. The van der Waals surface area contributed by atoms with Crippen molar-refractivity contribution in [2.24, 2.45) is 5.41 Å². The molecule has 2 rings (SSSR count). The largest absolute Gasteiger partial charge is 0.103 e. The van der Waals surface area contributed by atoms with Crippen LogP contribution in [0.4, 0.5) is 0 Å². The van der Waals surface area contributed by atoms with E-state index >= 15 is 0 Å². The molecule has 0 heteroatoms. The van der Waals surface area contributed by atoms with Gasteiger partial charge in [0.15, 0.2) is 0 Å². The molecular weight excluding hydrogens is 204 g/mol. The molecule has 0 saturated heterocycles. The second-order valence-electron chi connectivity index (χ2n) is 4.65. The van der Waals surface area contributed by atoms with E-state index < -0.39 is 0 Å². The number of allylic oxidation sites excluding steroid dienone is 5. The Hall–Kier alpha value is -1.82. The normalized spacial score (nSPS) is 24.4. The molecule has 1 aromatic rings. The molecule has 1 atom stereocenters. The van der Waals surface area contributed by atoms with Gasteiger partial charge < -0.3 is 0 Å².